The van der Waals surface area contributed by atoms with Crippen LogP contribution in [-0.2, 0) is 19.1 Å². The maximum atomic E-state index is 12.4. The SMILES string of the molecule is CCCCOC(=O)C1=C(C(=O)OCCCC)C(C)CCC1C. The van der Waals surface area contributed by atoms with Gasteiger partial charge in [0, 0.05) is 0 Å². The van der Waals surface area contributed by atoms with E-state index >= 15 is 0 Å². The third-order valence-electron chi connectivity index (χ3n) is 4.21. The monoisotopic (exact) mass is 310 g/mol. The Bertz CT molecular complexity index is 373. The molecule has 2 unspecified atom stereocenters. The molecular formula is C18H30O4. The number of carbonyl (C=O) groups is 2. The lowest BCUT2D eigenvalue weighted by Crippen LogP contribution is -2.28. The molecule has 0 saturated carbocycles. The van der Waals surface area contributed by atoms with Gasteiger partial charge >= 0.3 is 11.9 Å². The molecule has 0 aliphatic heterocycles. The lowest BCUT2D eigenvalue weighted by atomic mass is 9.78. The first kappa shape index (κ1) is 18.7. The van der Waals surface area contributed by atoms with E-state index in [9.17, 15) is 9.59 Å². The van der Waals surface area contributed by atoms with Crippen molar-refractivity contribution < 1.29 is 19.1 Å². The van der Waals surface area contributed by atoms with Gasteiger partial charge in [0.1, 0.15) is 0 Å². The zero-order valence-corrected chi connectivity index (χ0v) is 14.4. The molecule has 0 spiro atoms. The van der Waals surface area contributed by atoms with Gasteiger partial charge in [-0.25, -0.2) is 9.59 Å². The molecule has 0 fully saturated rings. The molecule has 1 aliphatic carbocycles. The number of hydrogen-bond acceptors (Lipinski definition) is 4. The summed E-state index contributed by atoms with van der Waals surface area (Å²) in [5.74, 6) is -0.567. The van der Waals surface area contributed by atoms with Crippen molar-refractivity contribution in [3.63, 3.8) is 0 Å². The highest BCUT2D eigenvalue weighted by Crippen LogP contribution is 2.35. The summed E-state index contributed by atoms with van der Waals surface area (Å²) < 4.78 is 10.7. The first-order valence-electron chi connectivity index (χ1n) is 8.61. The van der Waals surface area contributed by atoms with Crippen LogP contribution in [0.15, 0.2) is 11.1 Å². The Balaban J connectivity index is 2.91. The van der Waals surface area contributed by atoms with Gasteiger partial charge in [-0.1, -0.05) is 40.5 Å². The lowest BCUT2D eigenvalue weighted by molar-refractivity contribution is -0.143. The van der Waals surface area contributed by atoms with Gasteiger partial charge < -0.3 is 9.47 Å². The zero-order valence-electron chi connectivity index (χ0n) is 14.4. The Morgan fingerprint density at radius 1 is 0.864 bits per heavy atom. The average Bonchev–Trinajstić information content (AvgIpc) is 2.49. The van der Waals surface area contributed by atoms with Crippen molar-refractivity contribution in [2.45, 2.75) is 66.2 Å². The summed E-state index contributed by atoms with van der Waals surface area (Å²) in [5.41, 5.74) is 1.08. The van der Waals surface area contributed by atoms with Crippen molar-refractivity contribution in [1.29, 1.82) is 0 Å². The normalized spacial score (nSPS) is 21.6. The van der Waals surface area contributed by atoms with Crippen LogP contribution in [0.1, 0.15) is 66.2 Å². The molecule has 1 aliphatic rings. The van der Waals surface area contributed by atoms with E-state index in [0.29, 0.717) is 24.4 Å². The van der Waals surface area contributed by atoms with Crippen LogP contribution in [0.2, 0.25) is 0 Å². The van der Waals surface area contributed by atoms with Gasteiger partial charge in [0.25, 0.3) is 0 Å². The molecule has 0 aromatic carbocycles. The third kappa shape index (κ3) is 5.15. The van der Waals surface area contributed by atoms with E-state index in [2.05, 4.69) is 13.8 Å². The maximum absolute atomic E-state index is 12.4. The predicted octanol–water partition coefficient (Wildman–Crippen LogP) is 4.04. The zero-order chi connectivity index (χ0) is 16.5. The molecule has 0 aromatic heterocycles. The van der Waals surface area contributed by atoms with Crippen LogP contribution < -0.4 is 0 Å². The number of hydrogen-bond donors (Lipinski definition) is 0. The van der Waals surface area contributed by atoms with E-state index in [4.69, 9.17) is 9.47 Å². The number of rotatable bonds is 8. The topological polar surface area (TPSA) is 52.6 Å². The summed E-state index contributed by atoms with van der Waals surface area (Å²) >= 11 is 0. The molecule has 0 radical (unpaired) electrons. The molecule has 0 heterocycles. The summed E-state index contributed by atoms with van der Waals surface area (Å²) in [4.78, 5) is 24.8. The van der Waals surface area contributed by atoms with E-state index in [1.807, 2.05) is 13.8 Å². The molecule has 4 nitrogen and oxygen atoms in total. The minimum atomic E-state index is -0.338. The fraction of sp³-hybridized carbons (Fsp3) is 0.778. The van der Waals surface area contributed by atoms with Gasteiger partial charge in [-0.05, 0) is 37.5 Å². The second-order valence-corrected chi connectivity index (χ2v) is 6.19. The Morgan fingerprint density at radius 2 is 1.23 bits per heavy atom. The highest BCUT2D eigenvalue weighted by Gasteiger charge is 2.34. The summed E-state index contributed by atoms with van der Waals surface area (Å²) in [5, 5.41) is 0. The molecular weight excluding hydrogens is 280 g/mol. The fourth-order valence-electron chi connectivity index (χ4n) is 2.72. The van der Waals surface area contributed by atoms with Gasteiger partial charge in [0.15, 0.2) is 0 Å². The number of unbranched alkanes of at least 4 members (excludes halogenated alkanes) is 2. The molecule has 4 heteroatoms. The third-order valence-corrected chi connectivity index (χ3v) is 4.21. The van der Waals surface area contributed by atoms with Crippen LogP contribution in [0.3, 0.4) is 0 Å². The molecule has 2 atom stereocenters. The van der Waals surface area contributed by atoms with Crippen LogP contribution in [0.25, 0.3) is 0 Å². The minimum Gasteiger partial charge on any atom is -0.462 e. The van der Waals surface area contributed by atoms with Gasteiger partial charge in [-0.15, -0.1) is 0 Å². The minimum absolute atomic E-state index is 0.0547. The molecule has 0 amide bonds. The van der Waals surface area contributed by atoms with E-state index in [0.717, 1.165) is 38.5 Å². The van der Waals surface area contributed by atoms with E-state index in [1.54, 1.807) is 0 Å². The van der Waals surface area contributed by atoms with Gasteiger partial charge in [0.05, 0.1) is 24.4 Å². The number of carbonyl (C=O) groups excluding carboxylic acids is 2. The highest BCUT2D eigenvalue weighted by atomic mass is 16.5. The quantitative estimate of drug-likeness (QED) is 0.501. The second kappa shape index (κ2) is 9.65. The summed E-state index contributed by atoms with van der Waals surface area (Å²) in [6, 6.07) is 0. The summed E-state index contributed by atoms with van der Waals surface area (Å²) in [6.45, 7) is 8.91. The van der Waals surface area contributed by atoms with E-state index in [1.165, 1.54) is 0 Å². The summed E-state index contributed by atoms with van der Waals surface area (Å²) in [6.07, 6.45) is 5.46. The smallest absolute Gasteiger partial charge is 0.334 e. The van der Waals surface area contributed by atoms with Gasteiger partial charge in [0.2, 0.25) is 0 Å². The van der Waals surface area contributed by atoms with Crippen LogP contribution >= 0.6 is 0 Å². The summed E-state index contributed by atoms with van der Waals surface area (Å²) in [7, 11) is 0. The van der Waals surface area contributed by atoms with Crippen LogP contribution in [0, 0.1) is 11.8 Å². The van der Waals surface area contributed by atoms with Crippen LogP contribution in [0.4, 0.5) is 0 Å². The van der Waals surface area contributed by atoms with Crippen molar-refractivity contribution in [2.75, 3.05) is 13.2 Å². The first-order valence-corrected chi connectivity index (χ1v) is 8.61. The molecule has 0 saturated heterocycles. The lowest BCUT2D eigenvalue weighted by Gasteiger charge is -2.28. The standard InChI is InChI=1S/C18H30O4/c1-5-7-11-21-17(19)15-13(3)9-10-14(4)16(15)18(20)22-12-8-6-2/h13-14H,5-12H2,1-4H3. The van der Waals surface area contributed by atoms with Crippen molar-refractivity contribution in [3.8, 4) is 0 Å². The van der Waals surface area contributed by atoms with Crippen molar-refractivity contribution >= 4 is 11.9 Å². The number of ether oxygens (including phenoxy) is 2. The van der Waals surface area contributed by atoms with Gasteiger partial charge in [-0.2, -0.15) is 0 Å². The largest absolute Gasteiger partial charge is 0.462 e. The molecule has 0 N–H and O–H groups in total. The second-order valence-electron chi connectivity index (χ2n) is 6.19. The molecule has 126 valence electrons. The molecule has 1 rings (SSSR count). The van der Waals surface area contributed by atoms with Crippen molar-refractivity contribution in [1.82, 2.24) is 0 Å². The average molecular weight is 310 g/mol. The fourth-order valence-corrected chi connectivity index (χ4v) is 2.72. The van der Waals surface area contributed by atoms with Crippen molar-refractivity contribution in [2.24, 2.45) is 11.8 Å². The molecule has 0 aromatic rings. The Morgan fingerprint density at radius 3 is 1.55 bits per heavy atom. The molecule has 0 bridgehead atoms. The highest BCUT2D eigenvalue weighted by molar-refractivity contribution is 6.01. The van der Waals surface area contributed by atoms with E-state index in [-0.39, 0.29) is 23.8 Å². The Hall–Kier alpha value is -1.32. The van der Waals surface area contributed by atoms with E-state index < -0.39 is 0 Å². The number of esters is 2. The van der Waals surface area contributed by atoms with Crippen molar-refractivity contribution in [3.05, 3.63) is 11.1 Å². The van der Waals surface area contributed by atoms with Crippen LogP contribution in [-0.4, -0.2) is 25.2 Å². The Labute approximate surface area is 134 Å². The maximum Gasteiger partial charge on any atom is 0.334 e. The van der Waals surface area contributed by atoms with Crippen LogP contribution in [0.5, 0.6) is 0 Å². The predicted molar refractivity (Wildman–Crippen MR) is 86.3 cm³/mol. The van der Waals surface area contributed by atoms with Gasteiger partial charge in [-0.3, -0.25) is 0 Å². The Kier molecular flexibility index (Phi) is 8.21. The molecule has 22 heavy (non-hydrogen) atoms. The first-order chi connectivity index (χ1) is 10.5.